The number of aromatic nitrogens is 2. The molecule has 14 heteroatoms. The maximum Gasteiger partial charge on any atom is 0.352 e. The number of carbonyl (C=O) groups is 3. The Bertz CT molecular complexity index is 1250. The number of carbonyl (C=O) groups excluding carboxylic acids is 2. The molecule has 2 atom stereocenters. The van der Waals surface area contributed by atoms with Crippen molar-refractivity contribution in [2.24, 2.45) is 5.16 Å². The zero-order chi connectivity index (χ0) is 23.9. The minimum absolute atomic E-state index is 0.0541. The number of carboxylic acids is 1. The summed E-state index contributed by atoms with van der Waals surface area (Å²) in [6, 6.07) is -1.53. The van der Waals surface area contributed by atoms with Gasteiger partial charge in [-0.2, -0.15) is 0 Å². The molecule has 0 saturated carbocycles. The molecule has 0 unspecified atom stereocenters. The summed E-state index contributed by atoms with van der Waals surface area (Å²) < 4.78 is 0.0541. The number of halogens is 1. The molecule has 2 amide bonds. The Morgan fingerprint density at radius 2 is 2.18 bits per heavy atom. The van der Waals surface area contributed by atoms with Crippen LogP contribution in [0.3, 0.4) is 0 Å². The largest absolute Gasteiger partial charge is 0.477 e. The van der Waals surface area contributed by atoms with Gasteiger partial charge in [-0.3, -0.25) is 14.5 Å². The zero-order valence-electron chi connectivity index (χ0n) is 17.0. The number of hydrogen-bond donors (Lipinski definition) is 4. The minimum Gasteiger partial charge on any atom is -0.477 e. The molecule has 11 nitrogen and oxygen atoms in total. The first-order chi connectivity index (χ1) is 15.7. The molecule has 0 aromatic carbocycles. The van der Waals surface area contributed by atoms with Crippen LogP contribution in [0.4, 0.5) is 5.13 Å². The summed E-state index contributed by atoms with van der Waals surface area (Å²) in [4.78, 5) is 47.5. The van der Waals surface area contributed by atoms with Gasteiger partial charge in [0.15, 0.2) is 10.8 Å². The number of aliphatic carboxylic acids is 1. The Morgan fingerprint density at radius 1 is 1.42 bits per heavy atom. The Kier molecular flexibility index (Phi) is 6.19. The highest BCUT2D eigenvalue weighted by Gasteiger charge is 2.53. The van der Waals surface area contributed by atoms with Gasteiger partial charge < -0.3 is 21.4 Å². The summed E-state index contributed by atoms with van der Waals surface area (Å²) in [5.41, 5.74) is 7.88. The van der Waals surface area contributed by atoms with Crippen molar-refractivity contribution in [1.29, 1.82) is 0 Å². The van der Waals surface area contributed by atoms with Gasteiger partial charge in [0.25, 0.3) is 11.8 Å². The standard InChI is InChI=1S/C19H17ClN6O5S2/c1-7-10(32-6-22-7)5-3-8-2-4-9-11(17(28)26(9)14(8)18(29)30)23-16(27)13(25-31)12-15(20)33-19(21)24-12/h3,5-6,9,11,31H,2,4H2,1H3,(H2,21,24)(H,23,27)(H,29,30)/b5-3-,25-13-/t9-,11+/m1/s1. The highest BCUT2D eigenvalue weighted by atomic mass is 35.5. The van der Waals surface area contributed by atoms with Crippen LogP contribution >= 0.6 is 34.3 Å². The molecule has 2 aromatic rings. The van der Waals surface area contributed by atoms with Crippen molar-refractivity contribution in [3.63, 3.8) is 0 Å². The number of anilines is 1. The van der Waals surface area contributed by atoms with E-state index in [4.69, 9.17) is 17.3 Å². The van der Waals surface area contributed by atoms with E-state index in [0.29, 0.717) is 18.4 Å². The summed E-state index contributed by atoms with van der Waals surface area (Å²) >= 11 is 8.31. The number of fused-ring (bicyclic) bond motifs is 1. The molecule has 2 aliphatic rings. The number of nitrogens with one attached hydrogen (secondary N) is 1. The van der Waals surface area contributed by atoms with Gasteiger partial charge in [0, 0.05) is 4.88 Å². The Labute approximate surface area is 199 Å². The van der Waals surface area contributed by atoms with E-state index in [0.717, 1.165) is 21.9 Å². The van der Waals surface area contributed by atoms with Crippen molar-refractivity contribution in [2.45, 2.75) is 31.8 Å². The number of rotatable bonds is 6. The SMILES string of the molecule is Cc1ncsc1/C=C\C1=C(C(=O)O)N2C(=O)[C@@H](NC(=O)/C(=N\O)c3nc(N)sc3Cl)[C@H]2CC1. The molecule has 2 aliphatic heterocycles. The molecular formula is C19H17ClN6O5S2. The number of thiazole rings is 2. The minimum atomic E-state index is -1.24. The Hall–Kier alpha value is -3.29. The lowest BCUT2D eigenvalue weighted by atomic mass is 9.83. The van der Waals surface area contributed by atoms with Gasteiger partial charge >= 0.3 is 5.97 Å². The normalized spacial score (nSPS) is 20.7. The molecule has 172 valence electrons. The fourth-order valence-electron chi connectivity index (χ4n) is 3.77. The van der Waals surface area contributed by atoms with Gasteiger partial charge in [0.05, 0.1) is 17.2 Å². The van der Waals surface area contributed by atoms with Crippen molar-refractivity contribution in [1.82, 2.24) is 20.2 Å². The lowest BCUT2D eigenvalue weighted by molar-refractivity contribution is -0.155. The van der Waals surface area contributed by atoms with Crippen LogP contribution in [0, 0.1) is 6.92 Å². The maximum atomic E-state index is 12.8. The smallest absolute Gasteiger partial charge is 0.352 e. The van der Waals surface area contributed by atoms with Gasteiger partial charge in [-0.1, -0.05) is 34.2 Å². The number of nitrogen functional groups attached to an aromatic ring is 1. The number of oxime groups is 1. The number of allylic oxidation sites excluding steroid dienone is 2. The van der Waals surface area contributed by atoms with E-state index in [9.17, 15) is 24.7 Å². The molecule has 0 radical (unpaired) electrons. The summed E-state index contributed by atoms with van der Waals surface area (Å²) in [6.07, 6.45) is 4.30. The number of aryl methyl sites for hydroxylation is 1. The predicted octanol–water partition coefficient (Wildman–Crippen LogP) is 1.86. The number of carboxylic acid groups (broad SMARTS) is 1. The van der Waals surface area contributed by atoms with E-state index < -0.39 is 35.6 Å². The van der Waals surface area contributed by atoms with E-state index in [1.54, 1.807) is 17.7 Å². The van der Waals surface area contributed by atoms with Gasteiger partial charge in [0.1, 0.15) is 21.8 Å². The van der Waals surface area contributed by atoms with Crippen molar-refractivity contribution < 1.29 is 24.7 Å². The van der Waals surface area contributed by atoms with Gasteiger partial charge in [0.2, 0.25) is 0 Å². The fourth-order valence-corrected chi connectivity index (χ4v) is 5.40. The van der Waals surface area contributed by atoms with Gasteiger partial charge in [-0.15, -0.1) is 11.3 Å². The number of nitrogens with zero attached hydrogens (tertiary/aromatic N) is 4. The monoisotopic (exact) mass is 508 g/mol. The summed E-state index contributed by atoms with van der Waals surface area (Å²) in [6.45, 7) is 1.85. The fraction of sp³-hybridized carbons (Fsp3) is 0.263. The zero-order valence-corrected chi connectivity index (χ0v) is 19.4. The number of amides is 2. The van der Waals surface area contributed by atoms with Crippen molar-refractivity contribution in [3.05, 3.63) is 43.5 Å². The van der Waals surface area contributed by atoms with Crippen LogP contribution in [0.25, 0.3) is 6.08 Å². The molecule has 1 fully saturated rings. The van der Waals surface area contributed by atoms with E-state index in [1.807, 2.05) is 6.92 Å². The first kappa shape index (κ1) is 22.9. The third kappa shape index (κ3) is 4.10. The van der Waals surface area contributed by atoms with Crippen LogP contribution in [0.15, 0.2) is 28.0 Å². The molecule has 1 saturated heterocycles. The third-order valence-corrected chi connectivity index (χ3v) is 7.30. The molecule has 0 spiro atoms. The molecule has 33 heavy (non-hydrogen) atoms. The van der Waals surface area contributed by atoms with Crippen molar-refractivity contribution in [2.75, 3.05) is 5.73 Å². The van der Waals surface area contributed by atoms with Crippen LogP contribution in [-0.2, 0) is 14.4 Å². The van der Waals surface area contributed by atoms with E-state index in [2.05, 4.69) is 20.4 Å². The van der Waals surface area contributed by atoms with Crippen LogP contribution in [0.1, 0.15) is 29.1 Å². The van der Waals surface area contributed by atoms with Gasteiger partial charge in [-0.05, 0) is 31.4 Å². The average molecular weight is 509 g/mol. The molecule has 0 bridgehead atoms. The highest BCUT2D eigenvalue weighted by molar-refractivity contribution is 7.19. The molecule has 2 aromatic heterocycles. The van der Waals surface area contributed by atoms with Crippen molar-refractivity contribution in [3.8, 4) is 0 Å². The number of β-lactam (4-membered cyclic amide) rings is 1. The summed E-state index contributed by atoms with van der Waals surface area (Å²) in [5.74, 6) is -2.69. The lowest BCUT2D eigenvalue weighted by Gasteiger charge is -2.50. The van der Waals surface area contributed by atoms with Crippen molar-refractivity contribution >= 4 is 69.0 Å². The topological polar surface area (TPSA) is 171 Å². The Balaban J connectivity index is 1.54. The van der Waals surface area contributed by atoms with E-state index in [1.165, 1.54) is 16.2 Å². The second-order valence-electron chi connectivity index (χ2n) is 7.20. The molecule has 5 N–H and O–H groups in total. The van der Waals surface area contributed by atoms with E-state index in [-0.39, 0.29) is 20.9 Å². The van der Waals surface area contributed by atoms with Crippen LogP contribution in [0.5, 0.6) is 0 Å². The molecule has 4 heterocycles. The van der Waals surface area contributed by atoms with Gasteiger partial charge in [-0.25, -0.2) is 14.8 Å². The first-order valence-electron chi connectivity index (χ1n) is 9.55. The lowest BCUT2D eigenvalue weighted by Crippen LogP contribution is -2.72. The third-order valence-electron chi connectivity index (χ3n) is 5.32. The van der Waals surface area contributed by atoms with Crippen LogP contribution < -0.4 is 11.1 Å². The second-order valence-corrected chi connectivity index (χ2v) is 9.72. The summed E-state index contributed by atoms with van der Waals surface area (Å²) in [5, 5.41) is 24.6. The molecule has 4 rings (SSSR count). The Morgan fingerprint density at radius 3 is 2.76 bits per heavy atom. The van der Waals surface area contributed by atoms with Crippen LogP contribution in [0.2, 0.25) is 4.34 Å². The quantitative estimate of drug-likeness (QED) is 0.198. The molecular weight excluding hydrogens is 492 g/mol. The highest BCUT2D eigenvalue weighted by Crippen LogP contribution is 2.37. The second kappa shape index (κ2) is 8.92. The number of nitrogens with two attached hydrogens (primary N) is 1. The average Bonchev–Trinajstić information content (AvgIpc) is 3.33. The summed E-state index contributed by atoms with van der Waals surface area (Å²) in [7, 11) is 0. The molecule has 0 aliphatic carbocycles. The number of hydrogen-bond acceptors (Lipinski definition) is 10. The van der Waals surface area contributed by atoms with E-state index >= 15 is 0 Å². The van der Waals surface area contributed by atoms with Crippen LogP contribution in [-0.4, -0.2) is 60.8 Å². The maximum absolute atomic E-state index is 12.8. The first-order valence-corrected chi connectivity index (χ1v) is 11.6. The predicted molar refractivity (Wildman–Crippen MR) is 122 cm³/mol.